The molecule has 0 aromatic heterocycles. The molecule has 0 saturated heterocycles. The molecule has 3 heteroatoms. The van der Waals surface area contributed by atoms with Gasteiger partial charge in [0.05, 0.1) is 6.42 Å². The Hall–Kier alpha value is -1.35. The predicted octanol–water partition coefficient (Wildman–Crippen LogP) is 2.28. The van der Waals surface area contributed by atoms with Crippen molar-refractivity contribution in [2.75, 3.05) is 0 Å². The number of rotatable bonds is 4. The molecule has 3 nitrogen and oxygen atoms in total. The molecule has 1 rings (SSSR count). The molecule has 0 aliphatic rings. The SMILES string of the molecule is CC(C)c1cccc([C@@H](N)CC(=O)O)c1. The highest BCUT2D eigenvalue weighted by Crippen LogP contribution is 2.20. The molecule has 15 heavy (non-hydrogen) atoms. The smallest absolute Gasteiger partial charge is 0.305 e. The summed E-state index contributed by atoms with van der Waals surface area (Å²) < 4.78 is 0. The molecule has 0 radical (unpaired) electrons. The van der Waals surface area contributed by atoms with E-state index in [0.29, 0.717) is 5.92 Å². The third-order valence-corrected chi connectivity index (χ3v) is 2.40. The maximum Gasteiger partial charge on any atom is 0.305 e. The molecule has 0 aliphatic carbocycles. The molecule has 3 N–H and O–H groups in total. The van der Waals surface area contributed by atoms with Crippen molar-refractivity contribution in [2.45, 2.75) is 32.2 Å². The second kappa shape index (κ2) is 4.94. The van der Waals surface area contributed by atoms with Crippen LogP contribution < -0.4 is 5.73 Å². The van der Waals surface area contributed by atoms with Gasteiger partial charge < -0.3 is 10.8 Å². The number of hydrogen-bond acceptors (Lipinski definition) is 2. The van der Waals surface area contributed by atoms with Gasteiger partial charge in [-0.25, -0.2) is 0 Å². The summed E-state index contributed by atoms with van der Waals surface area (Å²) in [6, 6.07) is 7.40. The van der Waals surface area contributed by atoms with E-state index in [9.17, 15) is 4.79 Å². The number of hydrogen-bond donors (Lipinski definition) is 2. The van der Waals surface area contributed by atoms with Crippen LogP contribution in [0.1, 0.15) is 43.4 Å². The zero-order valence-electron chi connectivity index (χ0n) is 9.10. The number of aliphatic carboxylic acids is 1. The standard InChI is InChI=1S/C12H17NO2/c1-8(2)9-4-3-5-10(6-9)11(13)7-12(14)15/h3-6,8,11H,7,13H2,1-2H3,(H,14,15)/t11-/m0/s1. The topological polar surface area (TPSA) is 63.3 Å². The molecule has 0 unspecified atom stereocenters. The highest BCUT2D eigenvalue weighted by atomic mass is 16.4. The van der Waals surface area contributed by atoms with Crippen molar-refractivity contribution in [2.24, 2.45) is 5.73 Å². The van der Waals surface area contributed by atoms with Crippen molar-refractivity contribution in [3.8, 4) is 0 Å². The average Bonchev–Trinajstić information content (AvgIpc) is 2.17. The van der Waals surface area contributed by atoms with Gasteiger partial charge in [-0.3, -0.25) is 4.79 Å². The zero-order valence-corrected chi connectivity index (χ0v) is 9.10. The largest absolute Gasteiger partial charge is 0.481 e. The molecular formula is C12H17NO2. The van der Waals surface area contributed by atoms with E-state index >= 15 is 0 Å². The molecule has 0 aliphatic heterocycles. The average molecular weight is 207 g/mol. The van der Waals surface area contributed by atoms with Gasteiger partial charge in [-0.05, 0) is 17.0 Å². The summed E-state index contributed by atoms with van der Waals surface area (Å²) in [5.41, 5.74) is 7.86. The minimum absolute atomic E-state index is 0.0262. The van der Waals surface area contributed by atoms with Crippen LogP contribution in [0.4, 0.5) is 0 Å². The van der Waals surface area contributed by atoms with E-state index < -0.39 is 12.0 Å². The Morgan fingerprint density at radius 2 is 2.00 bits per heavy atom. The summed E-state index contributed by atoms with van der Waals surface area (Å²) in [5.74, 6) is -0.431. The lowest BCUT2D eigenvalue weighted by atomic mass is 9.97. The van der Waals surface area contributed by atoms with Crippen LogP contribution in [-0.2, 0) is 4.79 Å². The van der Waals surface area contributed by atoms with Crippen LogP contribution in [0, 0.1) is 0 Å². The van der Waals surface area contributed by atoms with Gasteiger partial charge in [0.25, 0.3) is 0 Å². The maximum absolute atomic E-state index is 10.5. The van der Waals surface area contributed by atoms with Gasteiger partial charge in [0.1, 0.15) is 0 Å². The molecule has 0 saturated carbocycles. The van der Waals surface area contributed by atoms with Crippen LogP contribution in [0.25, 0.3) is 0 Å². The van der Waals surface area contributed by atoms with E-state index in [4.69, 9.17) is 10.8 Å². The maximum atomic E-state index is 10.5. The van der Waals surface area contributed by atoms with Gasteiger partial charge in [-0.1, -0.05) is 38.1 Å². The van der Waals surface area contributed by atoms with Gasteiger partial charge in [-0.2, -0.15) is 0 Å². The molecular weight excluding hydrogens is 190 g/mol. The lowest BCUT2D eigenvalue weighted by Gasteiger charge is -2.12. The summed E-state index contributed by atoms with van der Waals surface area (Å²) in [5, 5.41) is 8.64. The summed E-state index contributed by atoms with van der Waals surface area (Å²) in [4.78, 5) is 10.5. The molecule has 0 bridgehead atoms. The monoisotopic (exact) mass is 207 g/mol. The predicted molar refractivity (Wildman–Crippen MR) is 59.7 cm³/mol. The first-order valence-corrected chi connectivity index (χ1v) is 5.08. The fourth-order valence-electron chi connectivity index (χ4n) is 1.45. The minimum Gasteiger partial charge on any atom is -0.481 e. The second-order valence-corrected chi connectivity index (χ2v) is 4.03. The molecule has 0 heterocycles. The first kappa shape index (κ1) is 11.7. The van der Waals surface area contributed by atoms with E-state index in [1.165, 1.54) is 5.56 Å². The van der Waals surface area contributed by atoms with Crippen molar-refractivity contribution in [1.29, 1.82) is 0 Å². The molecule has 0 spiro atoms. The lowest BCUT2D eigenvalue weighted by molar-refractivity contribution is -0.137. The minimum atomic E-state index is -0.863. The van der Waals surface area contributed by atoms with Gasteiger partial charge in [0, 0.05) is 6.04 Å². The van der Waals surface area contributed by atoms with Gasteiger partial charge in [0.15, 0.2) is 0 Å². The van der Waals surface area contributed by atoms with Gasteiger partial charge >= 0.3 is 5.97 Å². The first-order chi connectivity index (χ1) is 7.00. The Morgan fingerprint density at radius 1 is 1.40 bits per heavy atom. The first-order valence-electron chi connectivity index (χ1n) is 5.08. The molecule has 82 valence electrons. The fraction of sp³-hybridized carbons (Fsp3) is 0.417. The Bertz CT molecular complexity index is 347. The summed E-state index contributed by atoms with van der Waals surface area (Å²) in [6.07, 6.45) is -0.0262. The highest BCUT2D eigenvalue weighted by molar-refractivity contribution is 5.67. The Morgan fingerprint density at radius 3 is 2.53 bits per heavy atom. The normalized spacial score (nSPS) is 12.8. The van der Waals surface area contributed by atoms with Crippen molar-refractivity contribution in [1.82, 2.24) is 0 Å². The van der Waals surface area contributed by atoms with Crippen LogP contribution in [0.5, 0.6) is 0 Å². The molecule has 1 atom stereocenters. The van der Waals surface area contributed by atoms with Gasteiger partial charge in [0.2, 0.25) is 0 Å². The third-order valence-electron chi connectivity index (χ3n) is 2.40. The van der Waals surface area contributed by atoms with Crippen LogP contribution in [0.15, 0.2) is 24.3 Å². The molecule has 1 aromatic carbocycles. The zero-order chi connectivity index (χ0) is 11.4. The van der Waals surface area contributed by atoms with E-state index in [2.05, 4.69) is 13.8 Å². The Labute approximate surface area is 89.9 Å². The van der Waals surface area contributed by atoms with E-state index in [-0.39, 0.29) is 6.42 Å². The number of benzene rings is 1. The fourth-order valence-corrected chi connectivity index (χ4v) is 1.45. The molecule has 1 aromatic rings. The second-order valence-electron chi connectivity index (χ2n) is 4.03. The number of carboxylic acid groups (broad SMARTS) is 1. The van der Waals surface area contributed by atoms with Crippen LogP contribution in [0.2, 0.25) is 0 Å². The van der Waals surface area contributed by atoms with E-state index in [0.717, 1.165) is 5.56 Å². The highest BCUT2D eigenvalue weighted by Gasteiger charge is 2.11. The van der Waals surface area contributed by atoms with Crippen molar-refractivity contribution in [3.63, 3.8) is 0 Å². The number of carbonyl (C=O) groups is 1. The summed E-state index contributed by atoms with van der Waals surface area (Å²) in [6.45, 7) is 4.20. The molecule has 0 amide bonds. The quantitative estimate of drug-likeness (QED) is 0.796. The molecule has 0 fully saturated rings. The van der Waals surface area contributed by atoms with Crippen LogP contribution >= 0.6 is 0 Å². The van der Waals surface area contributed by atoms with Crippen molar-refractivity contribution >= 4 is 5.97 Å². The number of carboxylic acids is 1. The Kier molecular flexibility index (Phi) is 3.86. The third kappa shape index (κ3) is 3.36. The summed E-state index contributed by atoms with van der Waals surface area (Å²) in [7, 11) is 0. The van der Waals surface area contributed by atoms with Gasteiger partial charge in [-0.15, -0.1) is 0 Å². The summed E-state index contributed by atoms with van der Waals surface area (Å²) >= 11 is 0. The van der Waals surface area contributed by atoms with Crippen LogP contribution in [-0.4, -0.2) is 11.1 Å². The van der Waals surface area contributed by atoms with E-state index in [1.54, 1.807) is 0 Å². The van der Waals surface area contributed by atoms with Crippen LogP contribution in [0.3, 0.4) is 0 Å². The number of nitrogens with two attached hydrogens (primary N) is 1. The lowest BCUT2D eigenvalue weighted by Crippen LogP contribution is -2.15. The van der Waals surface area contributed by atoms with E-state index in [1.807, 2.05) is 24.3 Å². The van der Waals surface area contributed by atoms with Crippen molar-refractivity contribution in [3.05, 3.63) is 35.4 Å². The van der Waals surface area contributed by atoms with Crippen molar-refractivity contribution < 1.29 is 9.90 Å². The Balaban J connectivity index is 2.85.